The second-order valence-electron chi connectivity index (χ2n) is 9.40. The molecule has 198 valence electrons. The van der Waals surface area contributed by atoms with Crippen LogP contribution < -0.4 is 15.2 Å². The van der Waals surface area contributed by atoms with Gasteiger partial charge in [-0.15, -0.1) is 0 Å². The van der Waals surface area contributed by atoms with Gasteiger partial charge in [0, 0.05) is 42.0 Å². The summed E-state index contributed by atoms with van der Waals surface area (Å²) in [5.74, 6) is 0.792. The number of para-hydroxylation sites is 1. The predicted octanol–water partition coefficient (Wildman–Crippen LogP) is 4.50. The molecule has 0 radical (unpaired) electrons. The number of anilines is 2. The molecule has 1 N–H and O–H groups in total. The van der Waals surface area contributed by atoms with Gasteiger partial charge < -0.3 is 18.9 Å². The van der Waals surface area contributed by atoms with Gasteiger partial charge in [0.2, 0.25) is 0 Å². The lowest BCUT2D eigenvalue weighted by molar-refractivity contribution is 0.122. The molecule has 1 aliphatic heterocycles. The Balaban J connectivity index is 1.48. The molecule has 9 heteroatoms. The number of fused-ring (bicyclic) bond motifs is 1. The Morgan fingerprint density at radius 3 is 2.55 bits per heavy atom. The van der Waals surface area contributed by atoms with Crippen LogP contribution in [0.4, 0.5) is 11.4 Å². The van der Waals surface area contributed by atoms with Crippen LogP contribution in [0.1, 0.15) is 31.2 Å². The van der Waals surface area contributed by atoms with E-state index in [-0.39, 0.29) is 5.56 Å². The van der Waals surface area contributed by atoms with Crippen LogP contribution in [0.5, 0.6) is 0 Å². The molecule has 38 heavy (non-hydrogen) atoms. The molecule has 8 nitrogen and oxygen atoms in total. The van der Waals surface area contributed by atoms with Crippen molar-refractivity contribution < 1.29 is 13.5 Å². The third-order valence-electron chi connectivity index (χ3n) is 6.87. The number of rotatable bonds is 9. The molecular weight excluding hydrogens is 500 g/mol. The molecule has 2 heterocycles. The molecule has 1 unspecified atom stereocenters. The van der Waals surface area contributed by atoms with E-state index in [2.05, 4.69) is 16.5 Å². The molecule has 1 fully saturated rings. The van der Waals surface area contributed by atoms with Crippen LogP contribution >= 0.6 is 0 Å². The first-order chi connectivity index (χ1) is 18.5. The van der Waals surface area contributed by atoms with Crippen LogP contribution in [0.3, 0.4) is 0 Å². The van der Waals surface area contributed by atoms with Gasteiger partial charge in [0.05, 0.1) is 36.3 Å². The molecule has 1 aliphatic rings. The molecule has 0 bridgehead atoms. The summed E-state index contributed by atoms with van der Waals surface area (Å²) in [7, 11) is 0. The fourth-order valence-electron chi connectivity index (χ4n) is 4.85. The summed E-state index contributed by atoms with van der Waals surface area (Å²) in [4.78, 5) is 21.0. The summed E-state index contributed by atoms with van der Waals surface area (Å²) in [5.41, 5.74) is 4.86. The molecule has 1 atom stereocenters. The molecule has 0 saturated carbocycles. The fraction of sp³-hybridized carbons (Fsp3) is 0.310. The van der Waals surface area contributed by atoms with Gasteiger partial charge in [0.15, 0.2) is 0 Å². The monoisotopic (exact) mass is 531 g/mol. The lowest BCUT2D eigenvalue weighted by Gasteiger charge is -2.29. The Hall–Kier alpha value is -3.53. The minimum Gasteiger partial charge on any atom is -0.755 e. The van der Waals surface area contributed by atoms with Crippen LogP contribution in [0, 0.1) is 0 Å². The van der Waals surface area contributed by atoms with Gasteiger partial charge in [0.25, 0.3) is 5.56 Å². The molecule has 5 rings (SSSR count). The Morgan fingerprint density at radius 1 is 1.05 bits per heavy atom. The average Bonchev–Trinajstić information content (AvgIpc) is 2.94. The Labute approximate surface area is 224 Å². The maximum absolute atomic E-state index is 13.8. The van der Waals surface area contributed by atoms with Crippen LogP contribution in [0.25, 0.3) is 22.0 Å². The lowest BCUT2D eigenvalue weighted by atomic mass is 10.0. The van der Waals surface area contributed by atoms with Crippen molar-refractivity contribution in [3.8, 4) is 11.1 Å². The summed E-state index contributed by atoms with van der Waals surface area (Å²) >= 11 is -2.41. The van der Waals surface area contributed by atoms with Gasteiger partial charge in [-0.25, -0.2) is 4.98 Å². The highest BCUT2D eigenvalue weighted by atomic mass is 32.2. The number of unbranched alkanes of at least 4 members (excludes halogenated alkanes) is 1. The zero-order valence-electron chi connectivity index (χ0n) is 21.4. The Morgan fingerprint density at radius 2 is 1.82 bits per heavy atom. The number of nitrogens with zero attached hydrogens (tertiary/aromatic N) is 3. The predicted molar refractivity (Wildman–Crippen MR) is 151 cm³/mol. The summed E-state index contributed by atoms with van der Waals surface area (Å²) in [6.45, 7) is 5.51. The number of hydrogen-bond acceptors (Lipinski definition) is 6. The number of nitrogens with one attached hydrogen (secondary N) is 1. The summed E-state index contributed by atoms with van der Waals surface area (Å²) in [6, 6.07) is 21.1. The lowest BCUT2D eigenvalue weighted by Crippen LogP contribution is -2.36. The van der Waals surface area contributed by atoms with Gasteiger partial charge in [-0.2, -0.15) is 0 Å². The van der Waals surface area contributed by atoms with E-state index in [0.717, 1.165) is 66.1 Å². The van der Waals surface area contributed by atoms with Crippen LogP contribution in [-0.4, -0.2) is 44.6 Å². The van der Waals surface area contributed by atoms with Gasteiger partial charge in [-0.05, 0) is 41.8 Å². The van der Waals surface area contributed by atoms with E-state index in [1.807, 2.05) is 54.6 Å². The summed E-state index contributed by atoms with van der Waals surface area (Å²) in [6.07, 6.45) is 2.70. The van der Waals surface area contributed by atoms with E-state index in [1.165, 1.54) is 0 Å². The number of aromatic nitrogens is 2. The van der Waals surface area contributed by atoms with Crippen molar-refractivity contribution in [1.82, 2.24) is 9.55 Å². The van der Waals surface area contributed by atoms with Crippen molar-refractivity contribution in [1.29, 1.82) is 0 Å². The van der Waals surface area contributed by atoms with Gasteiger partial charge in [-0.1, -0.05) is 55.8 Å². The largest absolute Gasteiger partial charge is 0.755 e. The van der Waals surface area contributed by atoms with E-state index in [1.54, 1.807) is 16.7 Å². The highest BCUT2D eigenvalue weighted by molar-refractivity contribution is 7.80. The minimum absolute atomic E-state index is 0.0345. The molecule has 0 amide bonds. The van der Waals surface area contributed by atoms with Crippen LogP contribution in [0.2, 0.25) is 0 Å². The van der Waals surface area contributed by atoms with E-state index in [9.17, 15) is 13.6 Å². The van der Waals surface area contributed by atoms with E-state index >= 15 is 0 Å². The maximum atomic E-state index is 13.8. The standard InChI is InChI=1S/C29H32N4O4S/c1-2-3-8-28-30-26-14-13-23(32-15-17-37-18-16-32)19-25(26)29(34)33(28)20-21-9-11-22(12-10-21)24-6-4-5-7-27(24)31-38(35)36/h4-7,9-14,19,31H,2-3,8,15-18,20H2,1H3,(H,35,36)/p-1. The third-order valence-corrected chi connectivity index (χ3v) is 7.26. The number of benzene rings is 3. The first kappa shape index (κ1) is 26.1. The zero-order valence-corrected chi connectivity index (χ0v) is 22.2. The quantitative estimate of drug-likeness (QED) is 0.319. The highest BCUT2D eigenvalue weighted by Crippen LogP contribution is 2.28. The topological polar surface area (TPSA) is 99.5 Å². The van der Waals surface area contributed by atoms with Gasteiger partial charge >= 0.3 is 0 Å². The van der Waals surface area contributed by atoms with Crippen molar-refractivity contribution >= 4 is 33.5 Å². The van der Waals surface area contributed by atoms with Crippen LogP contribution in [-0.2, 0) is 29.0 Å². The number of ether oxygens (including phenoxy) is 1. The van der Waals surface area contributed by atoms with Gasteiger partial charge in [0.1, 0.15) is 5.82 Å². The minimum atomic E-state index is -2.41. The van der Waals surface area contributed by atoms with Crippen molar-refractivity contribution in [2.75, 3.05) is 35.9 Å². The Kier molecular flexibility index (Phi) is 8.17. The number of aryl methyl sites for hydroxylation is 1. The molecule has 1 saturated heterocycles. The first-order valence-corrected chi connectivity index (χ1v) is 14.0. The third kappa shape index (κ3) is 5.80. The van der Waals surface area contributed by atoms with Crippen LogP contribution in [0.15, 0.2) is 71.5 Å². The summed E-state index contributed by atoms with van der Waals surface area (Å²) < 4.78 is 32.1. The van der Waals surface area contributed by atoms with Crippen molar-refractivity contribution in [3.63, 3.8) is 0 Å². The van der Waals surface area contributed by atoms with Crippen molar-refractivity contribution in [3.05, 3.63) is 88.5 Å². The van der Waals surface area contributed by atoms with Gasteiger partial charge in [-0.3, -0.25) is 13.6 Å². The zero-order chi connectivity index (χ0) is 26.5. The van der Waals surface area contributed by atoms with E-state index in [0.29, 0.717) is 30.8 Å². The second-order valence-corrected chi connectivity index (χ2v) is 10.1. The number of hydrogen-bond donors (Lipinski definition) is 1. The van der Waals surface area contributed by atoms with Crippen molar-refractivity contribution in [2.24, 2.45) is 0 Å². The average molecular weight is 532 g/mol. The molecular formula is C29H31N4O4S-. The van der Waals surface area contributed by atoms with E-state index < -0.39 is 11.3 Å². The Bertz CT molecular complexity index is 1500. The molecule has 0 spiro atoms. The summed E-state index contributed by atoms with van der Waals surface area (Å²) in [5, 5.41) is 0.622. The normalized spacial score (nSPS) is 14.5. The number of morpholine rings is 1. The van der Waals surface area contributed by atoms with E-state index in [4.69, 9.17) is 9.72 Å². The molecule has 4 aromatic rings. The smallest absolute Gasteiger partial charge is 0.261 e. The molecule has 0 aliphatic carbocycles. The molecule has 3 aromatic carbocycles. The van der Waals surface area contributed by atoms with Crippen molar-refractivity contribution in [2.45, 2.75) is 32.7 Å². The first-order valence-electron chi connectivity index (χ1n) is 12.9. The molecule has 1 aromatic heterocycles. The SMILES string of the molecule is CCCCc1nc2ccc(N3CCOCC3)cc2c(=O)n1Cc1ccc(-c2ccccc2NS(=O)[O-])cc1. The highest BCUT2D eigenvalue weighted by Gasteiger charge is 2.16. The fourth-order valence-corrected chi connectivity index (χ4v) is 5.21. The second kappa shape index (κ2) is 11.9. The maximum Gasteiger partial charge on any atom is 0.261 e.